The van der Waals surface area contributed by atoms with Crippen molar-refractivity contribution < 1.29 is 32.1 Å². The Balaban J connectivity index is 1.83. The van der Waals surface area contributed by atoms with Gasteiger partial charge in [-0.1, -0.05) is 5.16 Å². The number of nitrogens with one attached hydrogen (secondary N) is 1. The smallest absolute Gasteiger partial charge is 0.361 e. The van der Waals surface area contributed by atoms with Gasteiger partial charge in [0.2, 0.25) is 5.91 Å². The van der Waals surface area contributed by atoms with Crippen molar-refractivity contribution in [2.24, 2.45) is 0 Å². The van der Waals surface area contributed by atoms with Crippen molar-refractivity contribution in [1.29, 1.82) is 0 Å². The molecule has 0 atom stereocenters. The Morgan fingerprint density at radius 2 is 2.04 bits per heavy atom. The number of hydrogen-bond acceptors (Lipinski definition) is 5. The predicted octanol–water partition coefficient (Wildman–Crippen LogP) is 2.96. The molecular weight excluding hydrogens is 367 g/mol. The van der Waals surface area contributed by atoms with Crippen molar-refractivity contribution in [2.45, 2.75) is 25.9 Å². The Hall–Kier alpha value is -2.88. The number of aryl methyl sites for hydroxylation is 1. The van der Waals surface area contributed by atoms with E-state index in [-0.39, 0.29) is 23.4 Å². The first kappa shape index (κ1) is 18.9. The molecule has 0 unspecified atom stereocenters. The minimum absolute atomic E-state index is 0.145. The van der Waals surface area contributed by atoms with Crippen LogP contribution in [0.15, 0.2) is 28.8 Å². The molecule has 0 saturated carbocycles. The molecule has 2 aromatic rings. The van der Waals surface area contributed by atoms with Crippen LogP contribution in [0.5, 0.6) is 0 Å². The zero-order valence-electron chi connectivity index (χ0n) is 14.3. The molecule has 2 amide bonds. The van der Waals surface area contributed by atoms with E-state index in [1.807, 2.05) is 0 Å². The lowest BCUT2D eigenvalue weighted by molar-refractivity contribution is -0.137. The van der Waals surface area contributed by atoms with E-state index in [1.54, 1.807) is 13.0 Å². The number of rotatable bonds is 4. The number of alkyl halides is 3. The van der Waals surface area contributed by atoms with E-state index in [0.29, 0.717) is 25.3 Å². The number of aromatic nitrogens is 1. The molecule has 144 valence electrons. The average molecular weight is 383 g/mol. The number of amides is 2. The van der Waals surface area contributed by atoms with Gasteiger partial charge in [0.1, 0.15) is 5.76 Å². The summed E-state index contributed by atoms with van der Waals surface area (Å²) >= 11 is 0. The van der Waals surface area contributed by atoms with Gasteiger partial charge in [0.15, 0.2) is 0 Å². The second-order valence-corrected chi connectivity index (χ2v) is 6.05. The maximum atomic E-state index is 13.2. The summed E-state index contributed by atoms with van der Waals surface area (Å²) in [5, 5.41) is 7.01. The fourth-order valence-electron chi connectivity index (χ4n) is 2.60. The average Bonchev–Trinajstić information content (AvgIpc) is 3.25. The molecule has 0 bridgehead atoms. The number of benzene rings is 1. The summed E-state index contributed by atoms with van der Waals surface area (Å²) in [5.41, 5.74) is -0.833. The van der Waals surface area contributed by atoms with Crippen molar-refractivity contribution >= 4 is 17.5 Å². The van der Waals surface area contributed by atoms with Gasteiger partial charge in [-0.05, 0) is 31.5 Å². The fraction of sp³-hybridized carbons (Fsp3) is 0.353. The van der Waals surface area contributed by atoms with Crippen molar-refractivity contribution in [3.8, 4) is 0 Å². The highest BCUT2D eigenvalue weighted by molar-refractivity contribution is 5.97. The van der Waals surface area contributed by atoms with Crippen molar-refractivity contribution in [1.82, 2.24) is 10.2 Å². The van der Waals surface area contributed by atoms with Crippen LogP contribution in [0.1, 0.15) is 33.8 Å². The van der Waals surface area contributed by atoms with E-state index in [1.165, 1.54) is 6.07 Å². The van der Waals surface area contributed by atoms with Crippen LogP contribution in [0.4, 0.5) is 18.9 Å². The molecule has 1 aliphatic rings. The second-order valence-electron chi connectivity index (χ2n) is 6.05. The van der Waals surface area contributed by atoms with E-state index in [2.05, 4.69) is 10.5 Å². The van der Waals surface area contributed by atoms with Gasteiger partial charge in [0, 0.05) is 17.3 Å². The summed E-state index contributed by atoms with van der Waals surface area (Å²) in [6.07, 6.45) is -4.27. The minimum Gasteiger partial charge on any atom is -0.361 e. The van der Waals surface area contributed by atoms with Gasteiger partial charge in [0.25, 0.3) is 5.91 Å². The third-order valence-electron chi connectivity index (χ3n) is 3.78. The van der Waals surface area contributed by atoms with Gasteiger partial charge in [-0.25, -0.2) is 5.06 Å². The third-order valence-corrected chi connectivity index (χ3v) is 3.78. The first-order valence-electron chi connectivity index (χ1n) is 8.11. The summed E-state index contributed by atoms with van der Waals surface area (Å²) < 4.78 is 44.5. The SMILES string of the molecule is Cc1cc(CC(=O)Nc2cc(C(=O)N3CCCO3)cc(C(F)(F)F)c2)on1. The third kappa shape index (κ3) is 4.64. The number of carbonyl (C=O) groups is 2. The van der Waals surface area contributed by atoms with Crippen LogP contribution >= 0.6 is 0 Å². The van der Waals surface area contributed by atoms with Gasteiger partial charge < -0.3 is 9.84 Å². The highest BCUT2D eigenvalue weighted by atomic mass is 19.4. The molecule has 10 heteroatoms. The molecule has 1 aromatic carbocycles. The topological polar surface area (TPSA) is 84.7 Å². The van der Waals surface area contributed by atoms with Gasteiger partial charge in [-0.3, -0.25) is 14.4 Å². The fourth-order valence-corrected chi connectivity index (χ4v) is 2.60. The first-order chi connectivity index (χ1) is 12.7. The standard InChI is InChI=1S/C17H16F3N3O4/c1-10-5-14(27-22-10)9-15(24)21-13-7-11(6-12(8-13)17(18,19)20)16(25)23-3-2-4-26-23/h5-8H,2-4,9H2,1H3,(H,21,24). The zero-order valence-corrected chi connectivity index (χ0v) is 14.3. The largest absolute Gasteiger partial charge is 0.416 e. The normalized spacial score (nSPS) is 14.4. The van der Waals surface area contributed by atoms with Crippen molar-refractivity contribution in [2.75, 3.05) is 18.5 Å². The predicted molar refractivity (Wildman–Crippen MR) is 86.6 cm³/mol. The lowest BCUT2D eigenvalue weighted by Gasteiger charge is -2.17. The summed E-state index contributed by atoms with van der Waals surface area (Å²) in [5.74, 6) is -1.01. The van der Waals surface area contributed by atoms with E-state index in [9.17, 15) is 22.8 Å². The molecule has 3 rings (SSSR count). The van der Waals surface area contributed by atoms with Crippen LogP contribution in [-0.2, 0) is 22.2 Å². The number of anilines is 1. The Kier molecular flexibility index (Phi) is 5.17. The Labute approximate surface area is 152 Å². The van der Waals surface area contributed by atoms with Crippen LogP contribution in [-0.4, -0.2) is 35.2 Å². The van der Waals surface area contributed by atoms with Crippen LogP contribution in [0.3, 0.4) is 0 Å². The van der Waals surface area contributed by atoms with E-state index in [0.717, 1.165) is 17.2 Å². The maximum absolute atomic E-state index is 13.2. The van der Waals surface area contributed by atoms with E-state index >= 15 is 0 Å². The number of nitrogens with zero attached hydrogens (tertiary/aromatic N) is 2. The Morgan fingerprint density at radius 3 is 2.63 bits per heavy atom. The molecular formula is C17H16F3N3O4. The molecule has 7 nitrogen and oxygen atoms in total. The number of hydrogen-bond donors (Lipinski definition) is 1. The van der Waals surface area contributed by atoms with Gasteiger partial charge in [-0.15, -0.1) is 0 Å². The maximum Gasteiger partial charge on any atom is 0.416 e. The number of carbonyl (C=O) groups excluding carboxylic acids is 2. The lowest BCUT2D eigenvalue weighted by Crippen LogP contribution is -2.27. The summed E-state index contributed by atoms with van der Waals surface area (Å²) in [6, 6.07) is 4.23. The van der Waals surface area contributed by atoms with E-state index in [4.69, 9.17) is 9.36 Å². The molecule has 27 heavy (non-hydrogen) atoms. The Bertz CT molecular complexity index is 857. The number of halogens is 3. The van der Waals surface area contributed by atoms with Crippen molar-refractivity contribution in [3.63, 3.8) is 0 Å². The molecule has 1 N–H and O–H groups in total. The summed E-state index contributed by atoms with van der Waals surface area (Å²) in [6.45, 7) is 2.29. The first-order valence-corrected chi connectivity index (χ1v) is 8.11. The van der Waals surface area contributed by atoms with Gasteiger partial charge >= 0.3 is 6.18 Å². The molecule has 2 heterocycles. The summed E-state index contributed by atoms with van der Waals surface area (Å²) in [7, 11) is 0. The highest BCUT2D eigenvalue weighted by Crippen LogP contribution is 2.32. The molecule has 0 aliphatic carbocycles. The molecule has 1 aliphatic heterocycles. The van der Waals surface area contributed by atoms with Crippen LogP contribution in [0, 0.1) is 6.92 Å². The highest BCUT2D eigenvalue weighted by Gasteiger charge is 2.33. The lowest BCUT2D eigenvalue weighted by atomic mass is 10.1. The van der Waals surface area contributed by atoms with Crippen LogP contribution < -0.4 is 5.32 Å². The zero-order chi connectivity index (χ0) is 19.6. The second kappa shape index (κ2) is 7.39. The summed E-state index contributed by atoms with van der Waals surface area (Å²) in [4.78, 5) is 29.5. The monoisotopic (exact) mass is 383 g/mol. The molecule has 1 saturated heterocycles. The molecule has 0 radical (unpaired) electrons. The van der Waals surface area contributed by atoms with Gasteiger partial charge in [-0.2, -0.15) is 13.2 Å². The Morgan fingerprint density at radius 1 is 1.26 bits per heavy atom. The van der Waals surface area contributed by atoms with Crippen LogP contribution in [0.25, 0.3) is 0 Å². The van der Waals surface area contributed by atoms with Crippen molar-refractivity contribution in [3.05, 3.63) is 46.8 Å². The molecule has 1 aromatic heterocycles. The van der Waals surface area contributed by atoms with E-state index < -0.39 is 23.6 Å². The quantitative estimate of drug-likeness (QED) is 0.878. The molecule has 0 spiro atoms. The minimum atomic E-state index is -4.68. The van der Waals surface area contributed by atoms with Gasteiger partial charge in [0.05, 0.1) is 30.8 Å². The van der Waals surface area contributed by atoms with Crippen LogP contribution in [0.2, 0.25) is 0 Å². The number of hydroxylamine groups is 2. The molecule has 1 fully saturated rings.